The van der Waals surface area contributed by atoms with E-state index in [-0.39, 0.29) is 0 Å². The van der Waals surface area contributed by atoms with Gasteiger partial charge in [-0.3, -0.25) is 4.90 Å². The zero-order valence-electron chi connectivity index (χ0n) is 11.9. The Bertz CT molecular complexity index is 422. The Morgan fingerprint density at radius 1 is 1.26 bits per heavy atom. The molecule has 4 heteroatoms. The predicted octanol–water partition coefficient (Wildman–Crippen LogP) is 1.65. The van der Waals surface area contributed by atoms with Crippen LogP contribution in [0, 0.1) is 12.3 Å². The van der Waals surface area contributed by atoms with Crippen LogP contribution in [0.3, 0.4) is 0 Å². The van der Waals surface area contributed by atoms with Crippen molar-refractivity contribution in [3.05, 3.63) is 29.3 Å². The molecule has 104 valence electrons. The molecular formula is C15H24N4. The highest BCUT2D eigenvalue weighted by Gasteiger charge is 2.12. The first kappa shape index (κ1) is 14.0. The molecular weight excluding hydrogens is 236 g/mol. The van der Waals surface area contributed by atoms with Gasteiger partial charge in [-0.15, -0.1) is 0 Å². The minimum absolute atomic E-state index is 0.938. The van der Waals surface area contributed by atoms with Gasteiger partial charge in [0.1, 0.15) is 0 Å². The van der Waals surface area contributed by atoms with Gasteiger partial charge in [0, 0.05) is 56.7 Å². The SMILES string of the molecule is Cc1ccc(NCCN2CCN(C)CC2)c(C=N)c1. The van der Waals surface area contributed by atoms with E-state index in [9.17, 15) is 0 Å². The second-order valence-corrected chi connectivity index (χ2v) is 5.31. The highest BCUT2D eigenvalue weighted by molar-refractivity contribution is 5.86. The number of hydrogen-bond acceptors (Lipinski definition) is 4. The van der Waals surface area contributed by atoms with Gasteiger partial charge in [0.2, 0.25) is 0 Å². The predicted molar refractivity (Wildman–Crippen MR) is 81.5 cm³/mol. The average Bonchev–Trinajstić information content (AvgIpc) is 2.42. The minimum atomic E-state index is 0.938. The molecule has 0 saturated carbocycles. The van der Waals surface area contributed by atoms with Gasteiger partial charge in [0.05, 0.1) is 0 Å². The van der Waals surface area contributed by atoms with Crippen molar-refractivity contribution in [2.24, 2.45) is 0 Å². The van der Waals surface area contributed by atoms with E-state index in [1.54, 1.807) is 0 Å². The molecule has 1 saturated heterocycles. The first-order valence-electron chi connectivity index (χ1n) is 6.95. The van der Waals surface area contributed by atoms with E-state index in [1.165, 1.54) is 11.8 Å². The van der Waals surface area contributed by atoms with Crippen LogP contribution in [0.1, 0.15) is 11.1 Å². The lowest BCUT2D eigenvalue weighted by atomic mass is 10.1. The maximum Gasteiger partial charge on any atom is 0.0429 e. The molecule has 1 aliphatic heterocycles. The molecule has 1 aliphatic rings. The van der Waals surface area contributed by atoms with Crippen LogP contribution < -0.4 is 5.32 Å². The number of likely N-dealkylation sites (N-methyl/N-ethyl adjacent to an activating group) is 1. The van der Waals surface area contributed by atoms with Crippen LogP contribution in [0.5, 0.6) is 0 Å². The first-order valence-corrected chi connectivity index (χ1v) is 6.95. The van der Waals surface area contributed by atoms with Crippen molar-refractivity contribution in [2.75, 3.05) is 51.6 Å². The molecule has 0 aromatic heterocycles. The van der Waals surface area contributed by atoms with Crippen molar-refractivity contribution in [1.29, 1.82) is 5.41 Å². The minimum Gasteiger partial charge on any atom is -0.383 e. The van der Waals surface area contributed by atoms with Gasteiger partial charge in [-0.2, -0.15) is 0 Å². The van der Waals surface area contributed by atoms with Crippen LogP contribution in [0.4, 0.5) is 5.69 Å². The molecule has 1 aromatic carbocycles. The van der Waals surface area contributed by atoms with Gasteiger partial charge in [0.25, 0.3) is 0 Å². The van der Waals surface area contributed by atoms with Crippen LogP contribution in [-0.2, 0) is 0 Å². The molecule has 1 fully saturated rings. The number of rotatable bonds is 5. The maximum atomic E-state index is 7.45. The smallest absolute Gasteiger partial charge is 0.0429 e. The summed E-state index contributed by atoms with van der Waals surface area (Å²) in [5.41, 5.74) is 3.23. The van der Waals surface area contributed by atoms with E-state index < -0.39 is 0 Å². The van der Waals surface area contributed by atoms with Gasteiger partial charge in [-0.1, -0.05) is 11.6 Å². The number of benzene rings is 1. The third kappa shape index (κ3) is 4.04. The van der Waals surface area contributed by atoms with E-state index in [0.29, 0.717) is 0 Å². The first-order chi connectivity index (χ1) is 9.19. The third-order valence-electron chi connectivity index (χ3n) is 3.70. The zero-order valence-corrected chi connectivity index (χ0v) is 11.9. The normalized spacial score (nSPS) is 17.4. The highest BCUT2D eigenvalue weighted by Crippen LogP contribution is 2.15. The molecule has 0 aliphatic carbocycles. The molecule has 0 radical (unpaired) electrons. The molecule has 1 heterocycles. The standard InChI is InChI=1S/C15H24N4/c1-13-3-4-15(14(11-13)12-16)17-5-6-19-9-7-18(2)8-10-19/h3-4,11-12,16-17H,5-10H2,1-2H3. The summed E-state index contributed by atoms with van der Waals surface area (Å²) in [6, 6.07) is 6.20. The summed E-state index contributed by atoms with van der Waals surface area (Å²) in [6.07, 6.45) is 1.42. The van der Waals surface area contributed by atoms with Crippen LogP contribution >= 0.6 is 0 Å². The molecule has 0 unspecified atom stereocenters. The summed E-state index contributed by atoms with van der Waals surface area (Å²) >= 11 is 0. The number of aryl methyl sites for hydroxylation is 1. The van der Waals surface area contributed by atoms with E-state index in [0.717, 1.165) is 50.5 Å². The third-order valence-corrected chi connectivity index (χ3v) is 3.70. The number of piperazine rings is 1. The Morgan fingerprint density at radius 3 is 2.68 bits per heavy atom. The fourth-order valence-corrected chi connectivity index (χ4v) is 2.38. The Kier molecular flexibility index (Phi) is 4.93. The maximum absolute atomic E-state index is 7.45. The number of nitrogens with one attached hydrogen (secondary N) is 2. The van der Waals surface area contributed by atoms with Crippen molar-refractivity contribution in [3.63, 3.8) is 0 Å². The summed E-state index contributed by atoms with van der Waals surface area (Å²) in [7, 11) is 2.18. The topological polar surface area (TPSA) is 42.4 Å². The highest BCUT2D eigenvalue weighted by atomic mass is 15.2. The van der Waals surface area contributed by atoms with Gasteiger partial charge in [-0.05, 0) is 26.1 Å². The largest absolute Gasteiger partial charge is 0.383 e. The molecule has 0 spiro atoms. The van der Waals surface area contributed by atoms with E-state index in [4.69, 9.17) is 5.41 Å². The molecule has 1 aromatic rings. The van der Waals surface area contributed by atoms with Crippen LogP contribution in [0.15, 0.2) is 18.2 Å². The van der Waals surface area contributed by atoms with Gasteiger partial charge < -0.3 is 15.6 Å². The Morgan fingerprint density at radius 2 is 2.00 bits per heavy atom. The summed E-state index contributed by atoms with van der Waals surface area (Å²) < 4.78 is 0. The lowest BCUT2D eigenvalue weighted by molar-refractivity contribution is 0.158. The number of anilines is 1. The second kappa shape index (κ2) is 6.68. The van der Waals surface area contributed by atoms with Crippen molar-refractivity contribution in [1.82, 2.24) is 9.80 Å². The molecule has 0 amide bonds. The molecule has 19 heavy (non-hydrogen) atoms. The Balaban J connectivity index is 1.81. The van der Waals surface area contributed by atoms with Gasteiger partial charge in [0.15, 0.2) is 0 Å². The second-order valence-electron chi connectivity index (χ2n) is 5.31. The van der Waals surface area contributed by atoms with Crippen LogP contribution in [-0.4, -0.2) is 62.3 Å². The molecule has 2 N–H and O–H groups in total. The summed E-state index contributed by atoms with van der Waals surface area (Å²) in [4.78, 5) is 4.86. The molecule has 4 nitrogen and oxygen atoms in total. The van der Waals surface area contributed by atoms with Crippen molar-refractivity contribution in [3.8, 4) is 0 Å². The summed E-state index contributed by atoms with van der Waals surface area (Å²) in [5, 5.41) is 10.9. The summed E-state index contributed by atoms with van der Waals surface area (Å²) in [5.74, 6) is 0. The fourth-order valence-electron chi connectivity index (χ4n) is 2.38. The lowest BCUT2D eigenvalue weighted by Gasteiger charge is -2.32. The van der Waals surface area contributed by atoms with E-state index in [2.05, 4.69) is 41.2 Å². The van der Waals surface area contributed by atoms with Crippen molar-refractivity contribution >= 4 is 11.9 Å². The van der Waals surface area contributed by atoms with Crippen molar-refractivity contribution in [2.45, 2.75) is 6.92 Å². The monoisotopic (exact) mass is 260 g/mol. The number of nitrogens with zero attached hydrogens (tertiary/aromatic N) is 2. The van der Waals surface area contributed by atoms with E-state index >= 15 is 0 Å². The lowest BCUT2D eigenvalue weighted by Crippen LogP contribution is -2.45. The van der Waals surface area contributed by atoms with Gasteiger partial charge >= 0.3 is 0 Å². The summed E-state index contributed by atoms with van der Waals surface area (Å²) in [6.45, 7) is 8.70. The van der Waals surface area contributed by atoms with Crippen LogP contribution in [0.25, 0.3) is 0 Å². The molecule has 0 bridgehead atoms. The fraction of sp³-hybridized carbons (Fsp3) is 0.533. The van der Waals surface area contributed by atoms with E-state index in [1.807, 2.05) is 6.07 Å². The zero-order chi connectivity index (χ0) is 13.7. The number of hydrogen-bond donors (Lipinski definition) is 2. The van der Waals surface area contributed by atoms with Crippen molar-refractivity contribution < 1.29 is 0 Å². The van der Waals surface area contributed by atoms with Gasteiger partial charge in [-0.25, -0.2) is 0 Å². The average molecular weight is 260 g/mol. The van der Waals surface area contributed by atoms with Crippen LogP contribution in [0.2, 0.25) is 0 Å². The quantitative estimate of drug-likeness (QED) is 0.791. The molecule has 0 atom stereocenters. The Labute approximate surface area is 115 Å². The Hall–Kier alpha value is -1.39. The molecule has 2 rings (SSSR count).